The van der Waals surface area contributed by atoms with Crippen molar-refractivity contribution >= 4 is 77.1 Å². The largest absolute Gasteiger partial charge is 0.384 e. The van der Waals surface area contributed by atoms with Gasteiger partial charge in [0.2, 0.25) is 0 Å². The summed E-state index contributed by atoms with van der Waals surface area (Å²) in [5, 5.41) is 27.3. The molecule has 0 fully saturated rings. The molecule has 5 aromatic carbocycles. The van der Waals surface area contributed by atoms with E-state index in [1.807, 2.05) is 101 Å². The number of hydrogen-bond acceptors (Lipinski definition) is 7. The first-order valence-electron chi connectivity index (χ1n) is 27.1. The molecule has 2 aliphatic heterocycles. The van der Waals surface area contributed by atoms with Crippen molar-refractivity contribution in [3.05, 3.63) is 245 Å². The molecule has 404 valence electrons. The quantitative estimate of drug-likeness (QED) is 0.0743. The minimum Gasteiger partial charge on any atom is -0.384 e. The fourth-order valence-electron chi connectivity index (χ4n) is 9.28. The van der Waals surface area contributed by atoms with Crippen LogP contribution in [0.2, 0.25) is 0 Å². The van der Waals surface area contributed by atoms with Gasteiger partial charge in [-0.2, -0.15) is 10.2 Å². The fourth-order valence-corrected chi connectivity index (χ4v) is 9.28. The number of pyridine rings is 3. The zero-order valence-corrected chi connectivity index (χ0v) is 47.0. The van der Waals surface area contributed by atoms with E-state index in [1.165, 1.54) is 107 Å². The third-order valence-corrected chi connectivity index (χ3v) is 13.5. The van der Waals surface area contributed by atoms with Crippen molar-refractivity contribution in [2.45, 2.75) is 68.2 Å². The molecule has 0 aliphatic carbocycles. The van der Waals surface area contributed by atoms with Crippen LogP contribution < -0.4 is 10.6 Å². The van der Waals surface area contributed by atoms with Crippen molar-refractivity contribution in [1.29, 1.82) is 0 Å². The number of H-pyrrole nitrogens is 6. The Morgan fingerprint density at radius 1 is 0.312 bits per heavy atom. The van der Waals surface area contributed by atoms with Crippen LogP contribution in [0.1, 0.15) is 55.8 Å². The normalized spacial score (nSPS) is 11.5. The van der Waals surface area contributed by atoms with Crippen molar-refractivity contribution in [3.63, 3.8) is 0 Å². The van der Waals surface area contributed by atoms with Crippen LogP contribution in [0.3, 0.4) is 0 Å². The molecule has 0 spiro atoms. The molecule has 14 aromatic rings. The molecule has 0 unspecified atom stereocenters. The second-order valence-corrected chi connectivity index (χ2v) is 20.4. The van der Waals surface area contributed by atoms with Crippen LogP contribution >= 0.6 is 0 Å². The number of anilines is 2. The Kier molecular flexibility index (Phi) is 18.3. The number of hydrogen-bond donors (Lipinski definition) is 8. The van der Waals surface area contributed by atoms with Gasteiger partial charge in [0, 0.05) is 112 Å². The summed E-state index contributed by atoms with van der Waals surface area (Å²) in [4.78, 5) is 24.9. The third-order valence-electron chi connectivity index (χ3n) is 13.5. The fraction of sp³-hybridized carbons (Fsp3) is 0.179. The second kappa shape index (κ2) is 26.5. The highest BCUT2D eigenvalue weighted by atomic mass is 15.1. The van der Waals surface area contributed by atoms with Crippen molar-refractivity contribution in [2.75, 3.05) is 23.7 Å². The molecular formula is C67H71N13. The minimum absolute atomic E-state index is 0.852. The van der Waals surface area contributed by atoms with E-state index in [0.717, 1.165) is 52.1 Å². The van der Waals surface area contributed by atoms with E-state index < -0.39 is 0 Å². The molecule has 0 atom stereocenters. The molecule has 8 N–H and O–H groups in total. The summed E-state index contributed by atoms with van der Waals surface area (Å²) < 4.78 is 0. The lowest BCUT2D eigenvalue weighted by atomic mass is 10.1. The highest BCUT2D eigenvalue weighted by Crippen LogP contribution is 2.24. The minimum atomic E-state index is 0.852. The summed E-state index contributed by atoms with van der Waals surface area (Å²) >= 11 is 0. The maximum Gasteiger partial charge on any atom is 0.155 e. The van der Waals surface area contributed by atoms with Crippen LogP contribution in [0.4, 0.5) is 11.4 Å². The number of nitrogens with one attached hydrogen (secondary N) is 8. The van der Waals surface area contributed by atoms with Crippen LogP contribution in [0.15, 0.2) is 189 Å². The summed E-state index contributed by atoms with van der Waals surface area (Å²) in [6.07, 6.45) is 19.3. The number of fused-ring (bicyclic) bond motifs is 8. The average Bonchev–Trinajstić information content (AvgIpc) is 4.30. The Morgan fingerprint density at radius 2 is 0.850 bits per heavy atom. The third kappa shape index (κ3) is 15.3. The molecule has 16 rings (SSSR count). The number of aryl methyl sites for hydroxylation is 8. The van der Waals surface area contributed by atoms with Gasteiger partial charge in [-0.1, -0.05) is 65.2 Å². The lowest BCUT2D eigenvalue weighted by Crippen LogP contribution is -1.90. The van der Waals surface area contributed by atoms with Gasteiger partial charge in [0.1, 0.15) is 5.65 Å². The van der Waals surface area contributed by atoms with Gasteiger partial charge in [-0.15, -0.1) is 0 Å². The Labute approximate surface area is 467 Å². The van der Waals surface area contributed by atoms with Crippen molar-refractivity contribution in [1.82, 2.24) is 55.3 Å². The summed E-state index contributed by atoms with van der Waals surface area (Å²) in [5.74, 6) is 0. The molecule has 13 heteroatoms. The molecule has 80 heavy (non-hydrogen) atoms. The van der Waals surface area contributed by atoms with Gasteiger partial charge in [0.05, 0.1) is 17.9 Å². The summed E-state index contributed by atoms with van der Waals surface area (Å²) in [7, 11) is 0. The second-order valence-electron chi connectivity index (χ2n) is 20.4. The van der Waals surface area contributed by atoms with E-state index >= 15 is 0 Å². The Bertz CT molecular complexity index is 3610. The predicted molar refractivity (Wildman–Crippen MR) is 334 cm³/mol. The lowest BCUT2D eigenvalue weighted by molar-refractivity contribution is 1.10. The molecule has 0 radical (unpaired) electrons. The molecule has 0 saturated carbocycles. The molecule has 0 saturated heterocycles. The maximum absolute atomic E-state index is 4.19. The van der Waals surface area contributed by atoms with Gasteiger partial charge >= 0.3 is 0 Å². The molecule has 0 bridgehead atoms. The molecule has 2 aliphatic rings. The maximum atomic E-state index is 4.19. The summed E-state index contributed by atoms with van der Waals surface area (Å²) in [6, 6.07) is 46.6. The average molecular weight is 1060 g/mol. The van der Waals surface area contributed by atoms with E-state index in [0.29, 0.717) is 0 Å². The number of benzene rings is 5. The number of rotatable bonds is 0. The highest BCUT2D eigenvalue weighted by molar-refractivity contribution is 5.81. The van der Waals surface area contributed by atoms with Gasteiger partial charge in [-0.25, -0.2) is 9.97 Å². The molecular weight excluding hydrogens is 987 g/mol. The van der Waals surface area contributed by atoms with Crippen LogP contribution in [-0.2, 0) is 12.8 Å². The van der Waals surface area contributed by atoms with Gasteiger partial charge in [-0.3, -0.25) is 15.2 Å². The predicted octanol–water partition coefficient (Wildman–Crippen LogP) is 15.8. The number of nitrogens with zero attached hydrogens (tertiary/aromatic N) is 5. The zero-order chi connectivity index (χ0) is 55.8. The van der Waals surface area contributed by atoms with Crippen molar-refractivity contribution in [2.24, 2.45) is 0 Å². The van der Waals surface area contributed by atoms with Gasteiger partial charge in [0.25, 0.3) is 0 Å². The SMILES string of the molecule is Cc1cc2[nH]ccc2cn1.Cc1ccc2[nH]ccc2c1.Cc1ccc2[nH]ncc2c1.Cc1ccc2c(c1)CCN2.Cc1ccc2c(c1)NCC2.Cc1ccc2cc[nH]c2c1.Cc1cnc2[nH]ccc2c1.Cc1cnc2[nH]ncc2c1. The van der Waals surface area contributed by atoms with E-state index in [4.69, 9.17) is 0 Å². The van der Waals surface area contributed by atoms with Crippen LogP contribution in [0.25, 0.3) is 65.7 Å². The first kappa shape index (κ1) is 55.0. The van der Waals surface area contributed by atoms with Gasteiger partial charge in [-0.05, 0) is 197 Å². The first-order valence-corrected chi connectivity index (χ1v) is 27.1. The lowest BCUT2D eigenvalue weighted by Gasteiger charge is -1.98. The smallest absolute Gasteiger partial charge is 0.155 e. The van der Waals surface area contributed by atoms with Crippen molar-refractivity contribution in [3.8, 4) is 0 Å². The van der Waals surface area contributed by atoms with Gasteiger partial charge in [0.15, 0.2) is 5.65 Å². The van der Waals surface area contributed by atoms with Crippen LogP contribution in [-0.4, -0.2) is 68.4 Å². The van der Waals surface area contributed by atoms with Crippen LogP contribution in [0, 0.1) is 55.4 Å². The standard InChI is InChI=1S/C9H11N.C9H9N.C9H11N.C9H9N.3C8H8N2.C7H7N3/c2*1-7-2-3-9-8(6-7)4-5-10-9;2*1-7-2-3-8-4-5-10-9(8)6-7;1-6-4-8-7(5-10-6)2-3-9-8;1-6-4-7-2-3-9-8(7)10-5-6;1-6-2-3-8-7(4-6)5-9-10-8;1-5-2-6-4-9-10-7(6)8-3-5/h2-3,6,10H,4-5H2,1H3;2-6,10H,1H3;2-3,6,10H,4-5H2,1H3;2-6,10H,1H3;2-5,9H,1H3;2*2-5H,1H3,(H,9,10);2-4H,1H3,(H,8,9,10). The topological polar surface area (TPSA) is 183 Å². The zero-order valence-electron chi connectivity index (χ0n) is 47.0. The molecule has 13 nitrogen and oxygen atoms in total. The van der Waals surface area contributed by atoms with E-state index in [2.05, 4.69) is 204 Å². The van der Waals surface area contributed by atoms with E-state index in [1.54, 1.807) is 6.20 Å². The molecule has 0 amide bonds. The van der Waals surface area contributed by atoms with Crippen LogP contribution in [0.5, 0.6) is 0 Å². The molecule has 11 heterocycles. The Morgan fingerprint density at radius 3 is 1.65 bits per heavy atom. The number of aromatic nitrogens is 11. The summed E-state index contributed by atoms with van der Waals surface area (Å²) in [5.41, 5.74) is 22.1. The van der Waals surface area contributed by atoms with E-state index in [-0.39, 0.29) is 0 Å². The van der Waals surface area contributed by atoms with Crippen molar-refractivity contribution < 1.29 is 0 Å². The Hall–Kier alpha value is -9.75. The first-order chi connectivity index (χ1) is 38.9. The Balaban J connectivity index is 0.000000111. The number of aromatic amines is 6. The monoisotopic (exact) mass is 1060 g/mol. The molecule has 9 aromatic heterocycles. The van der Waals surface area contributed by atoms with Gasteiger partial charge < -0.3 is 30.6 Å². The summed E-state index contributed by atoms with van der Waals surface area (Å²) in [6.45, 7) is 18.8. The highest BCUT2D eigenvalue weighted by Gasteiger charge is 2.09. The van der Waals surface area contributed by atoms with E-state index in [9.17, 15) is 0 Å².